The molecule has 1 aliphatic heterocycles. The SMILES string of the molecule is Cc1c(NC(=O)C(C)N2CCC(C(=O)NCC(F)(F)F)CC2)c(=O)n(-c2ccccc2)n1C. The van der Waals surface area contributed by atoms with Gasteiger partial charge in [0, 0.05) is 13.0 Å². The average molecular weight is 467 g/mol. The Morgan fingerprint density at radius 2 is 1.76 bits per heavy atom. The van der Waals surface area contributed by atoms with Crippen LogP contribution >= 0.6 is 0 Å². The molecule has 1 aliphatic rings. The third kappa shape index (κ3) is 5.65. The molecule has 1 aromatic heterocycles. The van der Waals surface area contributed by atoms with E-state index in [1.165, 1.54) is 4.68 Å². The lowest BCUT2D eigenvalue weighted by Crippen LogP contribution is -2.49. The summed E-state index contributed by atoms with van der Waals surface area (Å²) in [4.78, 5) is 39.7. The van der Waals surface area contributed by atoms with Crippen molar-refractivity contribution in [2.75, 3.05) is 25.0 Å². The van der Waals surface area contributed by atoms with Crippen LogP contribution in [0.25, 0.3) is 5.69 Å². The molecule has 1 atom stereocenters. The molecule has 180 valence electrons. The van der Waals surface area contributed by atoms with Gasteiger partial charge in [0.1, 0.15) is 12.2 Å². The van der Waals surface area contributed by atoms with Gasteiger partial charge in [-0.05, 0) is 51.9 Å². The highest BCUT2D eigenvalue weighted by molar-refractivity contribution is 5.95. The van der Waals surface area contributed by atoms with Gasteiger partial charge < -0.3 is 10.6 Å². The number of carbonyl (C=O) groups excluding carboxylic acids is 2. The molecular weight excluding hydrogens is 439 g/mol. The number of nitrogens with one attached hydrogen (secondary N) is 2. The molecule has 1 aromatic carbocycles. The highest BCUT2D eigenvalue weighted by Crippen LogP contribution is 2.21. The van der Waals surface area contributed by atoms with E-state index in [0.717, 1.165) is 0 Å². The predicted octanol–water partition coefficient (Wildman–Crippen LogP) is 2.20. The van der Waals surface area contributed by atoms with E-state index in [1.807, 2.05) is 28.4 Å². The molecule has 1 saturated heterocycles. The van der Waals surface area contributed by atoms with Crippen molar-refractivity contribution >= 4 is 17.5 Å². The van der Waals surface area contributed by atoms with Crippen LogP contribution < -0.4 is 16.2 Å². The number of rotatable bonds is 6. The van der Waals surface area contributed by atoms with Gasteiger partial charge >= 0.3 is 6.18 Å². The van der Waals surface area contributed by atoms with Crippen LogP contribution in [0.3, 0.4) is 0 Å². The quantitative estimate of drug-likeness (QED) is 0.682. The zero-order valence-corrected chi connectivity index (χ0v) is 18.8. The molecule has 33 heavy (non-hydrogen) atoms. The second-order valence-electron chi connectivity index (χ2n) is 8.24. The minimum Gasteiger partial charge on any atom is -0.347 e. The van der Waals surface area contributed by atoms with Crippen molar-refractivity contribution in [3.63, 3.8) is 0 Å². The summed E-state index contributed by atoms with van der Waals surface area (Å²) >= 11 is 0. The Bertz CT molecular complexity index is 1050. The molecule has 0 radical (unpaired) electrons. The average Bonchev–Trinajstić information content (AvgIpc) is 3.00. The van der Waals surface area contributed by atoms with Crippen LogP contribution in [0.15, 0.2) is 35.1 Å². The van der Waals surface area contributed by atoms with Gasteiger partial charge in [0.2, 0.25) is 11.8 Å². The number of hydrogen-bond acceptors (Lipinski definition) is 4. The summed E-state index contributed by atoms with van der Waals surface area (Å²) in [5.74, 6) is -1.50. The Labute approximate surface area is 189 Å². The predicted molar refractivity (Wildman–Crippen MR) is 117 cm³/mol. The molecule has 2 amide bonds. The molecule has 0 aliphatic carbocycles. The van der Waals surface area contributed by atoms with E-state index in [-0.39, 0.29) is 17.2 Å². The Kier molecular flexibility index (Phi) is 7.31. The minimum atomic E-state index is -4.45. The Morgan fingerprint density at radius 3 is 2.33 bits per heavy atom. The largest absolute Gasteiger partial charge is 0.405 e. The lowest BCUT2D eigenvalue weighted by Gasteiger charge is -2.34. The highest BCUT2D eigenvalue weighted by atomic mass is 19.4. The number of piperidine rings is 1. The first kappa shape index (κ1) is 24.6. The molecule has 3 rings (SSSR count). The highest BCUT2D eigenvalue weighted by Gasteiger charge is 2.33. The van der Waals surface area contributed by atoms with Crippen LogP contribution in [0.2, 0.25) is 0 Å². The van der Waals surface area contributed by atoms with Crippen LogP contribution in [0.1, 0.15) is 25.5 Å². The zero-order chi connectivity index (χ0) is 24.3. The number of para-hydroxylation sites is 1. The molecule has 2 N–H and O–H groups in total. The number of carbonyl (C=O) groups is 2. The van der Waals surface area contributed by atoms with Crippen molar-refractivity contribution in [2.45, 2.75) is 38.9 Å². The maximum Gasteiger partial charge on any atom is 0.405 e. The van der Waals surface area contributed by atoms with Gasteiger partial charge in [-0.15, -0.1) is 0 Å². The maximum atomic E-state index is 13.0. The zero-order valence-electron chi connectivity index (χ0n) is 18.8. The van der Waals surface area contributed by atoms with Crippen LogP contribution in [0.5, 0.6) is 0 Å². The van der Waals surface area contributed by atoms with E-state index in [0.29, 0.717) is 37.3 Å². The van der Waals surface area contributed by atoms with E-state index >= 15 is 0 Å². The molecule has 1 fully saturated rings. The molecule has 2 aromatic rings. The van der Waals surface area contributed by atoms with Gasteiger partial charge in [0.25, 0.3) is 5.56 Å². The number of aromatic nitrogens is 2. The van der Waals surface area contributed by atoms with E-state index in [2.05, 4.69) is 5.32 Å². The number of amides is 2. The van der Waals surface area contributed by atoms with Crippen molar-refractivity contribution < 1.29 is 22.8 Å². The third-order valence-electron chi connectivity index (χ3n) is 6.09. The second-order valence-corrected chi connectivity index (χ2v) is 8.24. The van der Waals surface area contributed by atoms with Crippen molar-refractivity contribution in [1.82, 2.24) is 19.6 Å². The van der Waals surface area contributed by atoms with Gasteiger partial charge in [0.05, 0.1) is 17.4 Å². The second kappa shape index (κ2) is 9.82. The monoisotopic (exact) mass is 467 g/mol. The lowest BCUT2D eigenvalue weighted by atomic mass is 9.95. The number of halogens is 3. The summed E-state index contributed by atoms with van der Waals surface area (Å²) in [7, 11) is 1.73. The van der Waals surface area contributed by atoms with Crippen LogP contribution in [-0.4, -0.2) is 57.9 Å². The topological polar surface area (TPSA) is 88.4 Å². The molecule has 2 heterocycles. The summed E-state index contributed by atoms with van der Waals surface area (Å²) < 4.78 is 40.1. The fourth-order valence-electron chi connectivity index (χ4n) is 3.99. The smallest absolute Gasteiger partial charge is 0.347 e. The number of nitrogens with zero attached hydrogens (tertiary/aromatic N) is 3. The standard InChI is InChI=1S/C22H28F3N5O3/c1-14-18(21(33)30(28(14)3)17-7-5-4-6-8-17)27-19(31)15(2)29-11-9-16(10-12-29)20(32)26-13-22(23,24)25/h4-8,15-16H,9-13H2,1-3H3,(H,26,32)(H,27,31). The van der Waals surface area contributed by atoms with Crippen molar-refractivity contribution in [2.24, 2.45) is 13.0 Å². The Balaban J connectivity index is 1.62. The molecule has 11 heteroatoms. The minimum absolute atomic E-state index is 0.194. The molecule has 0 spiro atoms. The fourth-order valence-corrected chi connectivity index (χ4v) is 3.99. The normalized spacial score (nSPS) is 16.4. The van der Waals surface area contributed by atoms with Gasteiger partial charge in [0.15, 0.2) is 0 Å². The van der Waals surface area contributed by atoms with Crippen molar-refractivity contribution in [1.29, 1.82) is 0 Å². The molecule has 1 unspecified atom stereocenters. The third-order valence-corrected chi connectivity index (χ3v) is 6.09. The number of anilines is 1. The van der Waals surface area contributed by atoms with E-state index in [9.17, 15) is 27.6 Å². The van der Waals surface area contributed by atoms with Gasteiger partial charge in [-0.3, -0.25) is 24.0 Å². The summed E-state index contributed by atoms with van der Waals surface area (Å²) in [6.45, 7) is 2.88. The first-order valence-corrected chi connectivity index (χ1v) is 10.7. The van der Waals surface area contributed by atoms with Crippen LogP contribution in [-0.2, 0) is 16.6 Å². The fraction of sp³-hybridized carbons (Fsp3) is 0.500. The molecular formula is C22H28F3N5O3. The van der Waals surface area contributed by atoms with Crippen LogP contribution in [0.4, 0.5) is 18.9 Å². The summed E-state index contributed by atoms with van der Waals surface area (Å²) in [6.07, 6.45) is -3.74. The first-order valence-electron chi connectivity index (χ1n) is 10.7. The molecule has 0 saturated carbocycles. The summed E-state index contributed by atoms with van der Waals surface area (Å²) in [5, 5.41) is 4.66. The first-order chi connectivity index (χ1) is 15.5. The van der Waals surface area contributed by atoms with Crippen LogP contribution in [0, 0.1) is 12.8 Å². The Hall–Kier alpha value is -3.08. The Morgan fingerprint density at radius 1 is 1.15 bits per heavy atom. The van der Waals surface area contributed by atoms with Gasteiger partial charge in [-0.1, -0.05) is 18.2 Å². The number of benzene rings is 1. The molecule has 8 nitrogen and oxygen atoms in total. The summed E-state index contributed by atoms with van der Waals surface area (Å²) in [5.41, 5.74) is 1.12. The maximum absolute atomic E-state index is 13.0. The lowest BCUT2D eigenvalue weighted by molar-refractivity contribution is -0.141. The van der Waals surface area contributed by atoms with Crippen molar-refractivity contribution in [3.8, 4) is 5.69 Å². The number of alkyl halides is 3. The van der Waals surface area contributed by atoms with E-state index in [1.54, 1.807) is 37.7 Å². The summed E-state index contributed by atoms with van der Waals surface area (Å²) in [6, 6.07) is 8.49. The van der Waals surface area contributed by atoms with E-state index < -0.39 is 30.6 Å². The van der Waals surface area contributed by atoms with Gasteiger partial charge in [-0.25, -0.2) is 4.68 Å². The number of hydrogen-bond donors (Lipinski definition) is 2. The van der Waals surface area contributed by atoms with E-state index in [4.69, 9.17) is 0 Å². The number of likely N-dealkylation sites (tertiary alicyclic amines) is 1. The van der Waals surface area contributed by atoms with Crippen molar-refractivity contribution in [3.05, 3.63) is 46.4 Å². The molecule has 0 bridgehead atoms. The van der Waals surface area contributed by atoms with Gasteiger partial charge in [-0.2, -0.15) is 13.2 Å².